The Labute approximate surface area is 96.2 Å². The van der Waals surface area contributed by atoms with E-state index in [4.69, 9.17) is 0 Å². The van der Waals surface area contributed by atoms with Crippen LogP contribution in [0, 0.1) is 37.5 Å². The number of hydrogen-bond acceptors (Lipinski definition) is 2. The summed E-state index contributed by atoms with van der Waals surface area (Å²) < 4.78 is 4.95. The first-order valence-electron chi connectivity index (χ1n) is 3.39. The molecule has 0 saturated heterocycles. The molecule has 0 bridgehead atoms. The summed E-state index contributed by atoms with van der Waals surface area (Å²) >= 11 is -0.533. The molecular formula is C6H17BrN2Nd. The van der Waals surface area contributed by atoms with Crippen LogP contribution in [-0.4, -0.2) is 29.2 Å². The zero-order valence-electron chi connectivity index (χ0n) is 7.22. The number of hydrogen-bond donors (Lipinski definition) is 0. The van der Waals surface area contributed by atoms with E-state index in [1.165, 1.54) is 13.1 Å². The van der Waals surface area contributed by atoms with Gasteiger partial charge in [0.05, 0.1) is 0 Å². The number of nitrogens with zero attached hydrogens (tertiary/aromatic N) is 2. The number of rotatable bonds is 4. The third-order valence-corrected chi connectivity index (χ3v) is 5.51. The molecule has 0 saturated carbocycles. The fourth-order valence-electron chi connectivity index (χ4n) is 0.433. The predicted octanol–water partition coefficient (Wildman–Crippen LogP) is 1.38. The molecule has 62 valence electrons. The van der Waals surface area contributed by atoms with Crippen LogP contribution in [-0.2, 0) is 0 Å². The van der Waals surface area contributed by atoms with Crippen molar-refractivity contribution in [3.63, 3.8) is 0 Å². The van der Waals surface area contributed by atoms with Crippen molar-refractivity contribution in [3.8, 4) is 0 Å². The third kappa shape index (κ3) is 7.85. The van der Waals surface area contributed by atoms with Gasteiger partial charge in [0.25, 0.3) is 0 Å². The van der Waals surface area contributed by atoms with Crippen LogP contribution in [0.15, 0.2) is 0 Å². The van der Waals surface area contributed by atoms with Crippen LogP contribution in [0.5, 0.6) is 0 Å². The first-order chi connectivity index (χ1) is 4.20. The van der Waals surface area contributed by atoms with Crippen molar-refractivity contribution >= 4 is 17.0 Å². The van der Waals surface area contributed by atoms with Gasteiger partial charge in [-0.2, -0.15) is 0 Å². The summed E-state index contributed by atoms with van der Waals surface area (Å²) in [5, 5.41) is 0. The van der Waals surface area contributed by atoms with Crippen LogP contribution in [0.3, 0.4) is 0 Å². The molecule has 0 aliphatic carbocycles. The molecule has 0 spiro atoms. The molecular weight excluding hydrogens is 324 g/mol. The summed E-state index contributed by atoms with van der Waals surface area (Å²) in [7, 11) is 4.44. The van der Waals surface area contributed by atoms with Gasteiger partial charge in [-0.1, -0.05) is 0 Å². The van der Waals surface area contributed by atoms with Gasteiger partial charge >= 0.3 is 80.5 Å². The molecule has 4 heteroatoms. The maximum absolute atomic E-state index is 2.48. The summed E-state index contributed by atoms with van der Waals surface area (Å²) in [6, 6.07) is 0. The Kier molecular flexibility index (Phi) is 12.6. The van der Waals surface area contributed by atoms with E-state index in [-0.39, 0.29) is 17.0 Å². The van der Waals surface area contributed by atoms with Crippen LogP contribution in [0.1, 0.15) is 13.8 Å². The van der Waals surface area contributed by atoms with Gasteiger partial charge in [-0.25, -0.2) is 0 Å². The summed E-state index contributed by atoms with van der Waals surface area (Å²) in [4.78, 5) is 0. The van der Waals surface area contributed by atoms with Crippen LogP contribution < -0.4 is 0 Å². The number of halogens is 1. The normalized spacial score (nSPS) is 9.80. The van der Waals surface area contributed by atoms with Crippen molar-refractivity contribution in [1.82, 2.24) is 1.97 Å². The Balaban J connectivity index is 0. The van der Waals surface area contributed by atoms with E-state index in [9.17, 15) is 0 Å². The minimum absolute atomic E-state index is 0. The van der Waals surface area contributed by atoms with Crippen molar-refractivity contribution in [2.45, 2.75) is 13.8 Å². The van der Waals surface area contributed by atoms with Gasteiger partial charge in [-0.15, -0.1) is 17.0 Å². The molecule has 2 nitrogen and oxygen atoms in total. The minimum atomic E-state index is -0.533. The van der Waals surface area contributed by atoms with E-state index in [2.05, 4.69) is 29.9 Å². The van der Waals surface area contributed by atoms with Crippen LogP contribution in [0.2, 0.25) is 0 Å². The van der Waals surface area contributed by atoms with Gasteiger partial charge in [0, 0.05) is 0 Å². The average molecular weight is 341 g/mol. The molecule has 0 fully saturated rings. The monoisotopic (exact) mass is 338 g/mol. The molecule has 0 heterocycles. The van der Waals surface area contributed by atoms with Gasteiger partial charge < -0.3 is 0 Å². The van der Waals surface area contributed by atoms with Crippen LogP contribution in [0.25, 0.3) is 0 Å². The quantitative estimate of drug-likeness (QED) is 0.762. The molecule has 0 unspecified atom stereocenters. The van der Waals surface area contributed by atoms with Crippen LogP contribution in [0.4, 0.5) is 0 Å². The standard InChI is InChI=1S/2C3H8N.BrH.Nd/c2*1-3-4-2;;/h2*3H2,1-2H3;1H;/q2*-1;;+2. The van der Waals surface area contributed by atoms with Gasteiger partial charge in [0.15, 0.2) is 0 Å². The van der Waals surface area contributed by atoms with E-state index in [1.807, 2.05) is 0 Å². The summed E-state index contributed by atoms with van der Waals surface area (Å²) in [6.45, 7) is 6.87. The van der Waals surface area contributed by atoms with E-state index in [1.54, 1.807) is 0 Å². The second-order valence-corrected chi connectivity index (χ2v) is 7.67. The Morgan fingerprint density at radius 2 is 1.30 bits per heavy atom. The average Bonchev–Trinajstić information content (AvgIpc) is 1.87. The van der Waals surface area contributed by atoms with Crippen molar-refractivity contribution in [1.29, 1.82) is 0 Å². The third-order valence-electron chi connectivity index (χ3n) is 1.29. The van der Waals surface area contributed by atoms with Crippen LogP contribution >= 0.6 is 17.0 Å². The van der Waals surface area contributed by atoms with Gasteiger partial charge in [0.2, 0.25) is 0 Å². The topological polar surface area (TPSA) is 6.48 Å². The van der Waals surface area contributed by atoms with Crippen molar-refractivity contribution in [3.05, 3.63) is 0 Å². The summed E-state index contributed by atoms with van der Waals surface area (Å²) in [5.74, 6) is 0. The zero-order valence-corrected chi connectivity index (χ0v) is 12.1. The molecule has 0 aliphatic heterocycles. The van der Waals surface area contributed by atoms with E-state index in [0.29, 0.717) is 0 Å². The SMILES string of the molecule is Br.CC[N](C)[Nd][N](C)CC. The first kappa shape index (κ1) is 14.3. The van der Waals surface area contributed by atoms with Crippen molar-refractivity contribution < 1.29 is 37.5 Å². The van der Waals surface area contributed by atoms with Crippen molar-refractivity contribution in [2.75, 3.05) is 27.2 Å². The molecule has 0 radical (unpaired) electrons. The predicted molar refractivity (Wildman–Crippen MR) is 46.9 cm³/mol. The second kappa shape index (κ2) is 8.84. The molecule has 0 N–H and O–H groups in total. The fraction of sp³-hybridized carbons (Fsp3) is 1.00. The summed E-state index contributed by atoms with van der Waals surface area (Å²) in [6.07, 6.45) is 0. The molecule has 0 rings (SSSR count). The Morgan fingerprint density at radius 3 is 1.50 bits per heavy atom. The Morgan fingerprint density at radius 1 is 1.00 bits per heavy atom. The van der Waals surface area contributed by atoms with E-state index in [0.717, 1.165) is 0 Å². The molecule has 0 aromatic rings. The fourth-order valence-corrected chi connectivity index (χ4v) is 3.21. The summed E-state index contributed by atoms with van der Waals surface area (Å²) in [5.41, 5.74) is 0. The maximum atomic E-state index is 2.48. The van der Waals surface area contributed by atoms with E-state index >= 15 is 0 Å². The van der Waals surface area contributed by atoms with Gasteiger partial charge in [0.1, 0.15) is 0 Å². The first-order valence-corrected chi connectivity index (χ1v) is 6.26. The molecule has 0 amide bonds. The Hall–Kier alpha value is 1.75. The van der Waals surface area contributed by atoms with Gasteiger partial charge in [-0.3, -0.25) is 0 Å². The second-order valence-electron chi connectivity index (χ2n) is 2.13. The molecule has 0 atom stereocenters. The molecule has 0 aromatic carbocycles. The zero-order chi connectivity index (χ0) is 7.28. The molecule has 0 aliphatic rings. The van der Waals surface area contributed by atoms with E-state index < -0.39 is 37.5 Å². The Bertz CT molecular complexity index is 64.8. The molecule has 0 aromatic heterocycles. The van der Waals surface area contributed by atoms with Crippen molar-refractivity contribution in [2.24, 2.45) is 0 Å². The van der Waals surface area contributed by atoms with Gasteiger partial charge in [-0.05, 0) is 0 Å². The molecule has 10 heavy (non-hydrogen) atoms.